The molecule has 0 radical (unpaired) electrons. The first kappa shape index (κ1) is 44.4. The van der Waals surface area contributed by atoms with Gasteiger partial charge in [-0.1, -0.05) is 184 Å². The number of carbonyl (C=O) groups excluding carboxylic acids is 1. The van der Waals surface area contributed by atoms with Crippen LogP contribution in [0.5, 0.6) is 0 Å². The van der Waals surface area contributed by atoms with Gasteiger partial charge >= 0.3 is 0 Å². The van der Waals surface area contributed by atoms with Crippen molar-refractivity contribution in [1.29, 1.82) is 0 Å². The molecule has 0 aliphatic rings. The number of unbranched alkanes of at least 4 members (excludes halogenated alkanes) is 22. The molecule has 0 aliphatic heterocycles. The van der Waals surface area contributed by atoms with Crippen LogP contribution in [-0.4, -0.2) is 34.9 Å². The van der Waals surface area contributed by atoms with Gasteiger partial charge in [0, 0.05) is 6.42 Å². The maximum absolute atomic E-state index is 12.3. The molecule has 3 N–H and O–H groups in total. The van der Waals surface area contributed by atoms with E-state index in [1.165, 1.54) is 116 Å². The summed E-state index contributed by atoms with van der Waals surface area (Å²) in [5.41, 5.74) is 0. The molecular weight excluding hydrogens is 566 g/mol. The van der Waals surface area contributed by atoms with E-state index in [1.54, 1.807) is 6.08 Å². The second-order valence-corrected chi connectivity index (χ2v) is 13.3. The number of hydrogen-bond donors (Lipinski definition) is 3. The number of rotatable bonds is 35. The van der Waals surface area contributed by atoms with E-state index in [0.29, 0.717) is 6.42 Å². The maximum atomic E-state index is 12.3. The molecule has 268 valence electrons. The van der Waals surface area contributed by atoms with Crippen LogP contribution in [0.4, 0.5) is 0 Å². The molecule has 0 rings (SSSR count). The van der Waals surface area contributed by atoms with E-state index in [1.807, 2.05) is 6.08 Å². The Kier molecular flexibility index (Phi) is 36.4. The quantitative estimate of drug-likeness (QED) is 0.0475. The fraction of sp³-hybridized carbons (Fsp3) is 0.786. The fourth-order valence-electron chi connectivity index (χ4n) is 5.78. The van der Waals surface area contributed by atoms with Gasteiger partial charge in [-0.3, -0.25) is 4.79 Å². The predicted molar refractivity (Wildman–Crippen MR) is 202 cm³/mol. The number of aliphatic hydroxyl groups excluding tert-OH is 2. The lowest BCUT2D eigenvalue weighted by atomic mass is 10.0. The van der Waals surface area contributed by atoms with Crippen molar-refractivity contribution in [3.8, 4) is 0 Å². The summed E-state index contributed by atoms with van der Waals surface area (Å²) < 4.78 is 0. The Morgan fingerprint density at radius 3 is 1.43 bits per heavy atom. The van der Waals surface area contributed by atoms with Crippen molar-refractivity contribution >= 4 is 5.91 Å². The summed E-state index contributed by atoms with van der Waals surface area (Å²) in [4.78, 5) is 12.3. The highest BCUT2D eigenvalue weighted by atomic mass is 16.3. The molecule has 0 saturated carbocycles. The topological polar surface area (TPSA) is 69.6 Å². The molecule has 4 nitrogen and oxygen atoms in total. The molecule has 0 aromatic heterocycles. The number of hydrogen-bond acceptors (Lipinski definition) is 3. The van der Waals surface area contributed by atoms with E-state index in [4.69, 9.17) is 0 Å². The molecule has 46 heavy (non-hydrogen) atoms. The van der Waals surface area contributed by atoms with Crippen molar-refractivity contribution in [2.24, 2.45) is 0 Å². The summed E-state index contributed by atoms with van der Waals surface area (Å²) in [5.74, 6) is -0.0760. The SMILES string of the molecule is CC/C=C\C/C=C\C/C=C\CCCCCCCCCC(=O)NC(CO)C(O)/C=C/CCCCCCCCCCCCCCCCC. The van der Waals surface area contributed by atoms with Gasteiger partial charge in [-0.05, 0) is 51.4 Å². The first-order chi connectivity index (χ1) is 22.7. The number of allylic oxidation sites excluding steroid dienone is 7. The highest BCUT2D eigenvalue weighted by Gasteiger charge is 2.17. The van der Waals surface area contributed by atoms with Crippen LogP contribution in [0.2, 0.25) is 0 Å². The van der Waals surface area contributed by atoms with E-state index in [2.05, 4.69) is 55.6 Å². The van der Waals surface area contributed by atoms with E-state index in [0.717, 1.165) is 57.8 Å². The molecule has 0 aromatic carbocycles. The van der Waals surface area contributed by atoms with Gasteiger partial charge in [0.15, 0.2) is 0 Å². The fourth-order valence-corrected chi connectivity index (χ4v) is 5.78. The van der Waals surface area contributed by atoms with Crippen LogP contribution in [0.1, 0.15) is 194 Å². The van der Waals surface area contributed by atoms with Gasteiger partial charge < -0.3 is 15.5 Å². The molecule has 0 fully saturated rings. The van der Waals surface area contributed by atoms with Crippen molar-refractivity contribution in [3.63, 3.8) is 0 Å². The second kappa shape index (κ2) is 37.8. The summed E-state index contributed by atoms with van der Waals surface area (Å²) in [6.07, 6.45) is 50.6. The van der Waals surface area contributed by atoms with Gasteiger partial charge in [0.2, 0.25) is 5.91 Å². The third kappa shape index (κ3) is 33.7. The minimum Gasteiger partial charge on any atom is -0.394 e. The van der Waals surface area contributed by atoms with Crippen LogP contribution in [-0.2, 0) is 4.79 Å². The second-order valence-electron chi connectivity index (χ2n) is 13.3. The summed E-state index contributed by atoms with van der Waals surface area (Å²) in [5, 5.41) is 22.9. The molecular formula is C42H77NO3. The zero-order chi connectivity index (χ0) is 33.6. The van der Waals surface area contributed by atoms with Crippen LogP contribution in [0.25, 0.3) is 0 Å². The van der Waals surface area contributed by atoms with Crippen LogP contribution in [0, 0.1) is 0 Å². The van der Waals surface area contributed by atoms with Crippen molar-refractivity contribution in [2.75, 3.05) is 6.61 Å². The molecule has 2 unspecified atom stereocenters. The minimum absolute atomic E-state index is 0.0760. The first-order valence-electron chi connectivity index (χ1n) is 19.9. The van der Waals surface area contributed by atoms with Crippen molar-refractivity contribution in [1.82, 2.24) is 5.32 Å². The summed E-state index contributed by atoms with van der Waals surface area (Å²) in [6, 6.07) is -0.627. The summed E-state index contributed by atoms with van der Waals surface area (Å²) in [7, 11) is 0. The molecule has 0 bridgehead atoms. The van der Waals surface area contributed by atoms with Gasteiger partial charge in [0.25, 0.3) is 0 Å². The molecule has 0 spiro atoms. The van der Waals surface area contributed by atoms with Gasteiger partial charge in [-0.25, -0.2) is 0 Å². The number of carbonyl (C=O) groups is 1. The lowest BCUT2D eigenvalue weighted by molar-refractivity contribution is -0.123. The van der Waals surface area contributed by atoms with E-state index in [-0.39, 0.29) is 12.5 Å². The summed E-state index contributed by atoms with van der Waals surface area (Å²) >= 11 is 0. The molecule has 1 amide bonds. The Bertz CT molecular complexity index is 741. The van der Waals surface area contributed by atoms with Gasteiger partial charge in [-0.15, -0.1) is 0 Å². The lowest BCUT2D eigenvalue weighted by Crippen LogP contribution is -2.45. The van der Waals surface area contributed by atoms with Gasteiger partial charge in [0.1, 0.15) is 0 Å². The minimum atomic E-state index is -0.843. The Balaban J connectivity index is 3.63. The smallest absolute Gasteiger partial charge is 0.220 e. The van der Waals surface area contributed by atoms with Crippen LogP contribution in [0.15, 0.2) is 48.6 Å². The highest BCUT2D eigenvalue weighted by Crippen LogP contribution is 2.14. The number of amides is 1. The molecule has 0 aliphatic carbocycles. The van der Waals surface area contributed by atoms with Crippen LogP contribution in [0.3, 0.4) is 0 Å². The van der Waals surface area contributed by atoms with E-state index >= 15 is 0 Å². The lowest BCUT2D eigenvalue weighted by Gasteiger charge is -2.20. The molecule has 0 saturated heterocycles. The third-order valence-electron chi connectivity index (χ3n) is 8.82. The van der Waals surface area contributed by atoms with Crippen molar-refractivity contribution < 1.29 is 15.0 Å². The Morgan fingerprint density at radius 1 is 0.543 bits per heavy atom. The Labute approximate surface area is 286 Å². The zero-order valence-corrected chi connectivity index (χ0v) is 30.6. The Hall–Kier alpha value is -1.65. The van der Waals surface area contributed by atoms with Gasteiger partial charge in [0.05, 0.1) is 18.8 Å². The average molecular weight is 644 g/mol. The predicted octanol–water partition coefficient (Wildman–Crippen LogP) is 12.0. The first-order valence-corrected chi connectivity index (χ1v) is 19.9. The van der Waals surface area contributed by atoms with Crippen molar-refractivity contribution in [2.45, 2.75) is 206 Å². The Morgan fingerprint density at radius 2 is 0.957 bits per heavy atom. The molecule has 0 aromatic rings. The van der Waals surface area contributed by atoms with Crippen LogP contribution < -0.4 is 5.32 Å². The van der Waals surface area contributed by atoms with Crippen molar-refractivity contribution in [3.05, 3.63) is 48.6 Å². The number of nitrogens with one attached hydrogen (secondary N) is 1. The highest BCUT2D eigenvalue weighted by molar-refractivity contribution is 5.76. The van der Waals surface area contributed by atoms with Crippen LogP contribution >= 0.6 is 0 Å². The average Bonchev–Trinajstić information content (AvgIpc) is 3.06. The third-order valence-corrected chi connectivity index (χ3v) is 8.82. The standard InChI is InChI=1S/C42H77NO3/c1-3-5-7-9-11-13-15-17-19-21-23-25-27-29-31-33-35-37-41(45)40(39-44)43-42(46)38-36-34-32-30-28-26-24-22-20-18-16-14-12-10-8-6-4-2/h6,8,12,14,18,20,35,37,40-41,44-45H,3-5,7,9-11,13,15-17,19,21-34,36,38-39H2,1-2H3,(H,43,46)/b8-6-,14-12-,20-18-,37-35+. The maximum Gasteiger partial charge on any atom is 0.220 e. The monoisotopic (exact) mass is 644 g/mol. The summed E-state index contributed by atoms with van der Waals surface area (Å²) in [6.45, 7) is 4.19. The van der Waals surface area contributed by atoms with E-state index in [9.17, 15) is 15.0 Å². The van der Waals surface area contributed by atoms with E-state index < -0.39 is 12.1 Å². The van der Waals surface area contributed by atoms with Gasteiger partial charge in [-0.2, -0.15) is 0 Å². The zero-order valence-electron chi connectivity index (χ0n) is 30.6. The molecule has 0 heterocycles. The normalized spacial score (nSPS) is 13.6. The molecule has 4 heteroatoms. The molecule has 2 atom stereocenters. The number of aliphatic hydroxyl groups is 2. The largest absolute Gasteiger partial charge is 0.394 e.